The Balaban J connectivity index is 1.69. The quantitative estimate of drug-likeness (QED) is 0.681. The number of benzene rings is 2. The fourth-order valence-electron chi connectivity index (χ4n) is 3.90. The lowest BCUT2D eigenvalue weighted by Gasteiger charge is -2.37. The van der Waals surface area contributed by atoms with E-state index in [0.717, 1.165) is 37.6 Å². The molecule has 4 heteroatoms. The van der Waals surface area contributed by atoms with Gasteiger partial charge in [-0.1, -0.05) is 41.5 Å². The van der Waals surface area contributed by atoms with Crippen LogP contribution in [0.2, 0.25) is 0 Å². The third kappa shape index (κ3) is 4.03. The lowest BCUT2D eigenvalue weighted by atomic mass is 10.0. The van der Waals surface area contributed by atoms with Crippen LogP contribution in [-0.2, 0) is 6.54 Å². The average Bonchev–Trinajstić information content (AvgIpc) is 3.09. The van der Waals surface area contributed by atoms with Gasteiger partial charge >= 0.3 is 0 Å². The summed E-state index contributed by atoms with van der Waals surface area (Å²) in [7, 11) is 2.22. The maximum Gasteiger partial charge on any atom is 0.0972 e. The molecule has 1 atom stereocenters. The van der Waals surface area contributed by atoms with Crippen molar-refractivity contribution in [1.82, 2.24) is 19.6 Å². The number of hydrogen-bond acceptors (Lipinski definition) is 3. The Morgan fingerprint density at radius 1 is 1.00 bits per heavy atom. The van der Waals surface area contributed by atoms with Crippen molar-refractivity contribution >= 4 is 0 Å². The third-order valence-corrected chi connectivity index (χ3v) is 5.82. The Hall–Kier alpha value is -2.43. The molecule has 2 heterocycles. The predicted octanol–water partition coefficient (Wildman–Crippen LogP) is 4.29. The zero-order chi connectivity index (χ0) is 19.7. The van der Waals surface area contributed by atoms with E-state index in [-0.39, 0.29) is 0 Å². The highest BCUT2D eigenvalue weighted by Crippen LogP contribution is 2.26. The van der Waals surface area contributed by atoms with E-state index >= 15 is 0 Å². The molecule has 4 nitrogen and oxygen atoms in total. The summed E-state index contributed by atoms with van der Waals surface area (Å²) in [5.74, 6) is 0. The molecule has 0 unspecified atom stereocenters. The molecule has 3 aromatic rings. The lowest BCUT2D eigenvalue weighted by molar-refractivity contribution is 0.100. The maximum absolute atomic E-state index is 5.00. The molecule has 146 valence electrons. The second-order valence-corrected chi connectivity index (χ2v) is 8.22. The molecule has 2 aromatic carbocycles. The predicted molar refractivity (Wildman–Crippen MR) is 116 cm³/mol. The fraction of sp³-hybridized carbons (Fsp3) is 0.375. The summed E-state index contributed by atoms with van der Waals surface area (Å²) in [6.45, 7) is 10.8. The van der Waals surface area contributed by atoms with Crippen molar-refractivity contribution in [1.29, 1.82) is 0 Å². The molecule has 1 aliphatic rings. The standard InChI is InChI=1S/C24H30N4/c1-18-8-10-23(11-9-18)28-17-22(16-27-13-12-26(4)20(3)15-27)24(25-28)21-7-5-6-19(2)14-21/h5-11,14,17,20H,12-13,15-16H2,1-4H3/t20-/m1/s1. The van der Waals surface area contributed by atoms with Crippen molar-refractivity contribution in [2.45, 2.75) is 33.4 Å². The first-order valence-corrected chi connectivity index (χ1v) is 10.1. The minimum absolute atomic E-state index is 0.586. The van der Waals surface area contributed by atoms with Crippen LogP contribution in [0.4, 0.5) is 0 Å². The summed E-state index contributed by atoms with van der Waals surface area (Å²) < 4.78 is 2.03. The second-order valence-electron chi connectivity index (χ2n) is 8.22. The summed E-state index contributed by atoms with van der Waals surface area (Å²) in [6.07, 6.45) is 2.21. The molecule has 28 heavy (non-hydrogen) atoms. The van der Waals surface area contributed by atoms with Crippen LogP contribution in [0.3, 0.4) is 0 Å². The van der Waals surface area contributed by atoms with Crippen LogP contribution in [0.15, 0.2) is 54.7 Å². The highest BCUT2D eigenvalue weighted by atomic mass is 15.3. The molecule has 0 N–H and O–H groups in total. The van der Waals surface area contributed by atoms with E-state index in [1.54, 1.807) is 0 Å². The number of likely N-dealkylation sites (N-methyl/N-ethyl adjacent to an activating group) is 1. The Bertz CT molecular complexity index is 941. The van der Waals surface area contributed by atoms with Crippen LogP contribution in [0.25, 0.3) is 16.9 Å². The summed E-state index contributed by atoms with van der Waals surface area (Å²) in [5.41, 5.74) is 7.22. The van der Waals surface area contributed by atoms with E-state index in [9.17, 15) is 0 Å². The van der Waals surface area contributed by atoms with Gasteiger partial charge in [0.1, 0.15) is 0 Å². The number of hydrogen-bond donors (Lipinski definition) is 0. The van der Waals surface area contributed by atoms with Gasteiger partial charge in [0.25, 0.3) is 0 Å². The van der Waals surface area contributed by atoms with Gasteiger partial charge in [0, 0.05) is 49.5 Å². The van der Waals surface area contributed by atoms with Crippen LogP contribution < -0.4 is 0 Å². The third-order valence-electron chi connectivity index (χ3n) is 5.82. The molecular weight excluding hydrogens is 344 g/mol. The van der Waals surface area contributed by atoms with Crippen LogP contribution in [0, 0.1) is 13.8 Å². The van der Waals surface area contributed by atoms with Crippen molar-refractivity contribution in [3.63, 3.8) is 0 Å². The van der Waals surface area contributed by atoms with Gasteiger partial charge in [-0.2, -0.15) is 5.10 Å². The first-order chi connectivity index (χ1) is 13.5. The van der Waals surface area contributed by atoms with E-state index in [2.05, 4.69) is 92.3 Å². The monoisotopic (exact) mass is 374 g/mol. The molecule has 0 amide bonds. The molecular formula is C24H30N4. The van der Waals surface area contributed by atoms with Gasteiger partial charge in [-0.25, -0.2) is 4.68 Å². The van der Waals surface area contributed by atoms with E-state index in [4.69, 9.17) is 5.10 Å². The van der Waals surface area contributed by atoms with Gasteiger partial charge in [-0.3, -0.25) is 4.90 Å². The van der Waals surface area contributed by atoms with Crippen LogP contribution in [0.5, 0.6) is 0 Å². The Morgan fingerprint density at radius 3 is 2.50 bits per heavy atom. The van der Waals surface area contributed by atoms with Crippen molar-refractivity contribution in [2.75, 3.05) is 26.7 Å². The summed E-state index contributed by atoms with van der Waals surface area (Å²) in [5, 5.41) is 5.00. The van der Waals surface area contributed by atoms with E-state index in [1.165, 1.54) is 22.3 Å². The first kappa shape index (κ1) is 18.9. The SMILES string of the molecule is Cc1ccc(-n2cc(CN3CCN(C)[C@H](C)C3)c(-c3cccc(C)c3)n2)cc1. The topological polar surface area (TPSA) is 24.3 Å². The number of nitrogens with zero attached hydrogens (tertiary/aromatic N) is 4. The van der Waals surface area contributed by atoms with Gasteiger partial charge < -0.3 is 4.90 Å². The average molecular weight is 375 g/mol. The highest BCUT2D eigenvalue weighted by molar-refractivity contribution is 5.64. The number of rotatable bonds is 4. The molecule has 4 rings (SSSR count). The molecule has 0 saturated carbocycles. The minimum atomic E-state index is 0.586. The Labute approximate surface area is 168 Å². The van der Waals surface area contributed by atoms with E-state index < -0.39 is 0 Å². The van der Waals surface area contributed by atoms with Crippen LogP contribution >= 0.6 is 0 Å². The Kier molecular flexibility index (Phi) is 5.33. The Morgan fingerprint density at radius 2 is 1.79 bits per heavy atom. The zero-order valence-corrected chi connectivity index (χ0v) is 17.4. The normalized spacial score (nSPS) is 18.5. The number of piperazine rings is 1. The van der Waals surface area contributed by atoms with Gasteiger partial charge in [0.2, 0.25) is 0 Å². The molecule has 1 aliphatic heterocycles. The largest absolute Gasteiger partial charge is 0.301 e. The molecule has 1 aromatic heterocycles. The van der Waals surface area contributed by atoms with Gasteiger partial charge in [0.05, 0.1) is 11.4 Å². The molecule has 0 radical (unpaired) electrons. The molecule has 1 fully saturated rings. The molecule has 0 spiro atoms. The van der Waals surface area contributed by atoms with Gasteiger partial charge in [-0.15, -0.1) is 0 Å². The fourth-order valence-corrected chi connectivity index (χ4v) is 3.90. The molecule has 0 aliphatic carbocycles. The van der Waals surface area contributed by atoms with Gasteiger partial charge in [0.15, 0.2) is 0 Å². The van der Waals surface area contributed by atoms with Crippen molar-refractivity contribution in [2.24, 2.45) is 0 Å². The maximum atomic E-state index is 5.00. The number of aromatic nitrogens is 2. The highest BCUT2D eigenvalue weighted by Gasteiger charge is 2.23. The van der Waals surface area contributed by atoms with Crippen LogP contribution in [0.1, 0.15) is 23.6 Å². The summed E-state index contributed by atoms with van der Waals surface area (Å²) >= 11 is 0. The van der Waals surface area contributed by atoms with Gasteiger partial charge in [-0.05, 0) is 46.0 Å². The smallest absolute Gasteiger partial charge is 0.0972 e. The zero-order valence-electron chi connectivity index (χ0n) is 17.4. The summed E-state index contributed by atoms with van der Waals surface area (Å²) in [4.78, 5) is 4.99. The van der Waals surface area contributed by atoms with E-state index in [1.807, 2.05) is 4.68 Å². The van der Waals surface area contributed by atoms with E-state index in [0.29, 0.717) is 6.04 Å². The number of aryl methyl sites for hydroxylation is 2. The molecule has 0 bridgehead atoms. The first-order valence-electron chi connectivity index (χ1n) is 10.1. The van der Waals surface area contributed by atoms with Crippen molar-refractivity contribution in [3.05, 3.63) is 71.4 Å². The second kappa shape index (κ2) is 7.90. The lowest BCUT2D eigenvalue weighted by Crippen LogP contribution is -2.49. The summed E-state index contributed by atoms with van der Waals surface area (Å²) in [6, 6.07) is 17.8. The molecule has 1 saturated heterocycles. The van der Waals surface area contributed by atoms with Crippen molar-refractivity contribution in [3.8, 4) is 16.9 Å². The van der Waals surface area contributed by atoms with Crippen LogP contribution in [-0.4, -0.2) is 52.3 Å². The van der Waals surface area contributed by atoms with Crippen molar-refractivity contribution < 1.29 is 0 Å². The minimum Gasteiger partial charge on any atom is -0.301 e.